The van der Waals surface area contributed by atoms with Crippen molar-refractivity contribution in [1.29, 1.82) is 0 Å². The van der Waals surface area contributed by atoms with Crippen LogP contribution in [0.5, 0.6) is 17.2 Å². The molecule has 0 fully saturated rings. The number of aromatic hydroxyl groups is 1. The SMILES string of the molecule is CCOc1cc(OC)cc(O)c1C(=O)CC. The van der Waals surface area contributed by atoms with Gasteiger partial charge in [-0.15, -0.1) is 0 Å². The van der Waals surface area contributed by atoms with Crippen molar-refractivity contribution >= 4 is 5.78 Å². The van der Waals surface area contributed by atoms with Crippen LogP contribution in [-0.2, 0) is 0 Å². The van der Waals surface area contributed by atoms with Gasteiger partial charge in [0.2, 0.25) is 0 Å². The minimum absolute atomic E-state index is 0.102. The standard InChI is InChI=1S/C12H16O4/c1-4-9(13)12-10(14)6-8(15-3)7-11(12)16-5-2/h6-7,14H,4-5H2,1-3H3. The second kappa shape index (κ2) is 5.39. The lowest BCUT2D eigenvalue weighted by molar-refractivity contribution is 0.0981. The van der Waals surface area contributed by atoms with Gasteiger partial charge in [0.15, 0.2) is 5.78 Å². The molecular formula is C12H16O4. The first-order chi connectivity index (χ1) is 7.63. The summed E-state index contributed by atoms with van der Waals surface area (Å²) in [5, 5.41) is 9.75. The number of carbonyl (C=O) groups excluding carboxylic acids is 1. The summed E-state index contributed by atoms with van der Waals surface area (Å²) in [5.41, 5.74) is 0.227. The van der Waals surface area contributed by atoms with Crippen molar-refractivity contribution < 1.29 is 19.4 Å². The molecule has 1 N–H and O–H groups in total. The molecule has 0 saturated carbocycles. The molecule has 0 atom stereocenters. The summed E-state index contributed by atoms with van der Waals surface area (Å²) in [6.07, 6.45) is 0.319. The number of methoxy groups -OCH3 is 1. The molecule has 0 saturated heterocycles. The Balaban J connectivity index is 3.27. The largest absolute Gasteiger partial charge is 0.507 e. The third-order valence-corrected chi connectivity index (χ3v) is 2.19. The molecule has 0 aliphatic rings. The van der Waals surface area contributed by atoms with E-state index in [4.69, 9.17) is 9.47 Å². The Kier molecular flexibility index (Phi) is 4.17. The van der Waals surface area contributed by atoms with Gasteiger partial charge in [-0.05, 0) is 6.92 Å². The van der Waals surface area contributed by atoms with Crippen LogP contribution < -0.4 is 9.47 Å². The molecule has 0 bridgehead atoms. The van der Waals surface area contributed by atoms with Gasteiger partial charge in [0, 0.05) is 18.6 Å². The molecule has 0 unspecified atom stereocenters. The van der Waals surface area contributed by atoms with E-state index in [0.29, 0.717) is 24.5 Å². The second-order valence-electron chi connectivity index (χ2n) is 3.23. The quantitative estimate of drug-likeness (QED) is 0.780. The zero-order valence-corrected chi connectivity index (χ0v) is 9.74. The van der Waals surface area contributed by atoms with Crippen molar-refractivity contribution in [3.8, 4) is 17.2 Å². The van der Waals surface area contributed by atoms with Gasteiger partial charge < -0.3 is 14.6 Å². The molecule has 0 aliphatic carbocycles. The average molecular weight is 224 g/mol. The van der Waals surface area contributed by atoms with Gasteiger partial charge in [-0.1, -0.05) is 6.92 Å². The Hall–Kier alpha value is -1.71. The number of rotatable bonds is 5. The van der Waals surface area contributed by atoms with Crippen LogP contribution in [0.4, 0.5) is 0 Å². The second-order valence-corrected chi connectivity index (χ2v) is 3.23. The maximum absolute atomic E-state index is 11.6. The molecule has 4 heteroatoms. The van der Waals surface area contributed by atoms with Crippen LogP contribution in [0.25, 0.3) is 0 Å². The van der Waals surface area contributed by atoms with Crippen molar-refractivity contribution in [3.05, 3.63) is 17.7 Å². The van der Waals surface area contributed by atoms with Crippen molar-refractivity contribution in [2.24, 2.45) is 0 Å². The van der Waals surface area contributed by atoms with E-state index >= 15 is 0 Å². The van der Waals surface area contributed by atoms with Crippen LogP contribution in [0.15, 0.2) is 12.1 Å². The topological polar surface area (TPSA) is 55.8 Å². The van der Waals surface area contributed by atoms with Crippen LogP contribution in [0.3, 0.4) is 0 Å². The first-order valence-corrected chi connectivity index (χ1v) is 5.21. The number of carbonyl (C=O) groups is 1. The third-order valence-electron chi connectivity index (χ3n) is 2.19. The van der Waals surface area contributed by atoms with Crippen molar-refractivity contribution in [2.45, 2.75) is 20.3 Å². The number of hydrogen-bond donors (Lipinski definition) is 1. The number of hydrogen-bond acceptors (Lipinski definition) is 4. The van der Waals surface area contributed by atoms with Crippen LogP contribution in [0, 0.1) is 0 Å². The fourth-order valence-corrected chi connectivity index (χ4v) is 1.42. The summed E-state index contributed by atoms with van der Waals surface area (Å²) in [4.78, 5) is 11.6. The minimum Gasteiger partial charge on any atom is -0.507 e. The van der Waals surface area contributed by atoms with Crippen molar-refractivity contribution in [2.75, 3.05) is 13.7 Å². The zero-order chi connectivity index (χ0) is 12.1. The number of phenolic OH excluding ortho intramolecular Hbond substituents is 1. The highest BCUT2D eigenvalue weighted by Gasteiger charge is 2.17. The fraction of sp³-hybridized carbons (Fsp3) is 0.417. The summed E-state index contributed by atoms with van der Waals surface area (Å²) in [6, 6.07) is 3.01. The zero-order valence-electron chi connectivity index (χ0n) is 9.74. The van der Waals surface area contributed by atoms with E-state index in [2.05, 4.69) is 0 Å². The third kappa shape index (κ3) is 2.45. The number of Topliss-reactive ketones (excluding diaryl/α,β-unsaturated/α-hetero) is 1. The molecule has 1 aromatic carbocycles. The molecule has 0 radical (unpaired) electrons. The van der Waals surface area contributed by atoms with Gasteiger partial charge in [-0.25, -0.2) is 0 Å². The van der Waals surface area contributed by atoms with Gasteiger partial charge in [-0.3, -0.25) is 4.79 Å². The van der Waals surface area contributed by atoms with Gasteiger partial charge >= 0.3 is 0 Å². The van der Waals surface area contributed by atoms with E-state index in [9.17, 15) is 9.90 Å². The van der Waals surface area contributed by atoms with Crippen LogP contribution >= 0.6 is 0 Å². The molecule has 88 valence electrons. The number of benzene rings is 1. The van der Waals surface area contributed by atoms with Gasteiger partial charge in [0.1, 0.15) is 22.8 Å². The smallest absolute Gasteiger partial charge is 0.170 e. The Morgan fingerprint density at radius 3 is 2.56 bits per heavy atom. The molecule has 0 aliphatic heterocycles. The van der Waals surface area contributed by atoms with E-state index in [-0.39, 0.29) is 17.1 Å². The Labute approximate surface area is 94.8 Å². The predicted octanol–water partition coefficient (Wildman–Crippen LogP) is 2.39. The molecule has 16 heavy (non-hydrogen) atoms. The molecule has 1 rings (SSSR count). The van der Waals surface area contributed by atoms with Gasteiger partial charge in [0.05, 0.1) is 13.7 Å². The fourth-order valence-electron chi connectivity index (χ4n) is 1.42. The molecule has 4 nitrogen and oxygen atoms in total. The highest BCUT2D eigenvalue weighted by atomic mass is 16.5. The van der Waals surface area contributed by atoms with Crippen LogP contribution in [0.1, 0.15) is 30.6 Å². The van der Waals surface area contributed by atoms with Crippen LogP contribution in [-0.4, -0.2) is 24.6 Å². The summed E-state index contributed by atoms with van der Waals surface area (Å²) < 4.78 is 10.3. The molecule has 0 aromatic heterocycles. The van der Waals surface area contributed by atoms with E-state index in [1.54, 1.807) is 13.0 Å². The molecular weight excluding hydrogens is 208 g/mol. The normalized spacial score (nSPS) is 9.94. The van der Waals surface area contributed by atoms with E-state index in [0.717, 1.165) is 0 Å². The number of ketones is 1. The van der Waals surface area contributed by atoms with Crippen LogP contribution in [0.2, 0.25) is 0 Å². The van der Waals surface area contributed by atoms with Gasteiger partial charge in [0.25, 0.3) is 0 Å². The molecule has 0 amide bonds. The van der Waals surface area contributed by atoms with Crippen molar-refractivity contribution in [1.82, 2.24) is 0 Å². The first kappa shape index (κ1) is 12.4. The monoisotopic (exact) mass is 224 g/mol. The minimum atomic E-state index is -0.149. The number of ether oxygens (including phenoxy) is 2. The van der Waals surface area contributed by atoms with E-state index < -0.39 is 0 Å². The molecule has 0 heterocycles. The Bertz CT molecular complexity index is 385. The first-order valence-electron chi connectivity index (χ1n) is 5.21. The summed E-state index contributed by atoms with van der Waals surface area (Å²) in [6.45, 7) is 3.98. The average Bonchev–Trinajstić information content (AvgIpc) is 2.28. The Morgan fingerprint density at radius 1 is 1.38 bits per heavy atom. The lowest BCUT2D eigenvalue weighted by Crippen LogP contribution is -2.04. The maximum Gasteiger partial charge on any atom is 0.170 e. The predicted molar refractivity (Wildman–Crippen MR) is 60.4 cm³/mol. The molecule has 0 spiro atoms. The molecule has 1 aromatic rings. The van der Waals surface area contributed by atoms with Crippen molar-refractivity contribution in [3.63, 3.8) is 0 Å². The highest BCUT2D eigenvalue weighted by molar-refractivity contribution is 6.01. The lowest BCUT2D eigenvalue weighted by Gasteiger charge is -2.12. The lowest BCUT2D eigenvalue weighted by atomic mass is 10.1. The Morgan fingerprint density at radius 2 is 2.06 bits per heavy atom. The summed E-state index contributed by atoms with van der Waals surface area (Å²) in [7, 11) is 1.49. The maximum atomic E-state index is 11.6. The summed E-state index contributed by atoms with van der Waals surface area (Å²) in [5.74, 6) is 0.582. The number of phenols is 1. The van der Waals surface area contributed by atoms with E-state index in [1.165, 1.54) is 13.2 Å². The van der Waals surface area contributed by atoms with Gasteiger partial charge in [-0.2, -0.15) is 0 Å². The highest BCUT2D eigenvalue weighted by Crippen LogP contribution is 2.34. The summed E-state index contributed by atoms with van der Waals surface area (Å²) >= 11 is 0. The van der Waals surface area contributed by atoms with E-state index in [1.807, 2.05) is 6.92 Å².